The Kier molecular flexibility index (Phi) is 6.66. The number of hydrogen-bond donors (Lipinski definition) is 1. The molecule has 1 saturated heterocycles. The number of halogens is 3. The lowest BCUT2D eigenvalue weighted by Crippen LogP contribution is -2.37. The van der Waals surface area contributed by atoms with Crippen molar-refractivity contribution in [1.29, 1.82) is 0 Å². The highest BCUT2D eigenvalue weighted by Gasteiger charge is 2.31. The molecule has 0 spiro atoms. The van der Waals surface area contributed by atoms with Crippen LogP contribution >= 0.6 is 11.8 Å². The summed E-state index contributed by atoms with van der Waals surface area (Å²) in [7, 11) is 0. The summed E-state index contributed by atoms with van der Waals surface area (Å²) in [5.41, 5.74) is 1.18. The third kappa shape index (κ3) is 5.51. The number of oxazole rings is 1. The molecule has 10 heteroatoms. The molecule has 2 aromatic carbocycles. The Labute approximate surface area is 192 Å². The minimum atomic E-state index is -4.40. The Morgan fingerprint density at radius 1 is 1.27 bits per heavy atom. The summed E-state index contributed by atoms with van der Waals surface area (Å²) in [5.74, 6) is 1.74. The molecule has 0 saturated carbocycles. The minimum absolute atomic E-state index is 0.122. The Morgan fingerprint density at radius 2 is 2.03 bits per heavy atom. The lowest BCUT2D eigenvalue weighted by molar-refractivity contribution is -0.142. The number of thioether (sulfide) groups is 1. The highest BCUT2D eigenvalue weighted by molar-refractivity contribution is 7.99. The molecule has 33 heavy (non-hydrogen) atoms. The van der Waals surface area contributed by atoms with Gasteiger partial charge in [-0.05, 0) is 48.9 Å². The second-order valence-electron chi connectivity index (χ2n) is 7.63. The number of benzene rings is 2. The molecule has 0 radical (unpaired) electrons. The van der Waals surface area contributed by atoms with Crippen LogP contribution in [-0.4, -0.2) is 38.6 Å². The molecule has 1 aliphatic rings. The van der Waals surface area contributed by atoms with Gasteiger partial charge < -0.3 is 14.3 Å². The molecule has 0 aliphatic carbocycles. The van der Waals surface area contributed by atoms with Crippen molar-refractivity contribution in [3.8, 4) is 17.2 Å². The first-order valence-electron chi connectivity index (χ1n) is 10.1. The zero-order valence-corrected chi connectivity index (χ0v) is 18.4. The molecule has 1 aromatic heterocycles. The number of alkyl halides is 3. The van der Waals surface area contributed by atoms with E-state index in [4.69, 9.17) is 9.15 Å². The second kappa shape index (κ2) is 9.48. The van der Waals surface area contributed by atoms with Crippen LogP contribution in [0.1, 0.15) is 22.6 Å². The van der Waals surface area contributed by atoms with Crippen LogP contribution in [0.5, 0.6) is 5.75 Å². The largest absolute Gasteiger partial charge is 0.487 e. The smallest absolute Gasteiger partial charge is 0.416 e. The molecule has 4 rings (SSSR count). The zero-order valence-electron chi connectivity index (χ0n) is 17.6. The fraction of sp³-hybridized carbons (Fsp3) is 0.304. The van der Waals surface area contributed by atoms with Crippen molar-refractivity contribution < 1.29 is 32.2 Å². The van der Waals surface area contributed by atoms with Crippen LogP contribution in [0.25, 0.3) is 11.5 Å². The minimum Gasteiger partial charge on any atom is -0.487 e. The van der Waals surface area contributed by atoms with Crippen LogP contribution < -0.4 is 4.74 Å². The molecular formula is C23H21F3N2O4S. The Morgan fingerprint density at radius 3 is 2.73 bits per heavy atom. The Balaban J connectivity index is 1.41. The maximum absolute atomic E-state index is 12.8. The topological polar surface area (TPSA) is 75.8 Å². The number of nitrogens with zero attached hydrogens (tertiary/aromatic N) is 2. The fourth-order valence-electron chi connectivity index (χ4n) is 3.47. The second-order valence-corrected chi connectivity index (χ2v) is 8.63. The Hall–Kier alpha value is -2.98. The van der Waals surface area contributed by atoms with Crippen molar-refractivity contribution >= 4 is 17.7 Å². The lowest BCUT2D eigenvalue weighted by atomic mass is 10.1. The number of hydrogen-bond acceptors (Lipinski definition) is 6. The van der Waals surface area contributed by atoms with Crippen LogP contribution in [0.4, 0.5) is 13.2 Å². The van der Waals surface area contributed by atoms with Gasteiger partial charge in [0.25, 0.3) is 0 Å². The summed E-state index contributed by atoms with van der Waals surface area (Å²) < 4.78 is 49.8. The van der Waals surface area contributed by atoms with Crippen molar-refractivity contribution in [1.82, 2.24) is 9.88 Å². The lowest BCUT2D eigenvalue weighted by Gasteiger charge is -2.20. The summed E-state index contributed by atoms with van der Waals surface area (Å²) in [6.45, 7) is 2.34. The predicted octanol–water partition coefficient (Wildman–Crippen LogP) is 5.21. The first-order chi connectivity index (χ1) is 15.7. The monoisotopic (exact) mass is 478 g/mol. The average molecular weight is 478 g/mol. The highest BCUT2D eigenvalue weighted by atomic mass is 32.2. The third-order valence-electron chi connectivity index (χ3n) is 5.27. The SMILES string of the molecule is Cc1oc(-c2ccc(C(F)(F)F)cc2)nc1COc1cccc(CN2CSC[C@H]2C(=O)O)c1. The van der Waals surface area contributed by atoms with Crippen LogP contribution in [0.15, 0.2) is 52.9 Å². The summed E-state index contributed by atoms with van der Waals surface area (Å²) in [4.78, 5) is 17.7. The molecule has 174 valence electrons. The summed E-state index contributed by atoms with van der Waals surface area (Å²) in [6, 6.07) is 11.5. The number of aromatic nitrogens is 1. The van der Waals surface area contributed by atoms with E-state index in [1.165, 1.54) is 12.1 Å². The average Bonchev–Trinajstić information content (AvgIpc) is 3.38. The van der Waals surface area contributed by atoms with Gasteiger partial charge in [-0.15, -0.1) is 11.8 Å². The van der Waals surface area contributed by atoms with Gasteiger partial charge in [0.2, 0.25) is 5.89 Å². The van der Waals surface area contributed by atoms with Gasteiger partial charge >= 0.3 is 12.1 Å². The molecule has 2 heterocycles. The van der Waals surface area contributed by atoms with Gasteiger partial charge in [0.05, 0.1) is 5.56 Å². The van der Waals surface area contributed by atoms with E-state index >= 15 is 0 Å². The van der Waals surface area contributed by atoms with Gasteiger partial charge in [0.1, 0.15) is 29.9 Å². The maximum atomic E-state index is 12.8. The van der Waals surface area contributed by atoms with E-state index in [0.29, 0.717) is 40.9 Å². The molecule has 1 N–H and O–H groups in total. The van der Waals surface area contributed by atoms with E-state index < -0.39 is 23.8 Å². The molecule has 0 unspecified atom stereocenters. The molecular weight excluding hydrogens is 457 g/mol. The van der Waals surface area contributed by atoms with E-state index in [0.717, 1.165) is 17.7 Å². The molecule has 3 aromatic rings. The number of rotatable bonds is 7. The Bertz CT molecular complexity index is 1130. The van der Waals surface area contributed by atoms with Crippen molar-refractivity contribution in [3.05, 3.63) is 71.1 Å². The number of aryl methyl sites for hydroxylation is 1. The predicted molar refractivity (Wildman–Crippen MR) is 117 cm³/mol. The van der Waals surface area contributed by atoms with Crippen LogP contribution in [0.3, 0.4) is 0 Å². The van der Waals surface area contributed by atoms with Gasteiger partial charge in [0, 0.05) is 23.7 Å². The number of ether oxygens (including phenoxy) is 1. The van der Waals surface area contributed by atoms with Gasteiger partial charge in [-0.2, -0.15) is 13.2 Å². The van der Waals surface area contributed by atoms with Crippen molar-refractivity contribution in [2.45, 2.75) is 32.3 Å². The van der Waals surface area contributed by atoms with Gasteiger partial charge in [-0.25, -0.2) is 4.98 Å². The van der Waals surface area contributed by atoms with E-state index in [2.05, 4.69) is 4.98 Å². The quantitative estimate of drug-likeness (QED) is 0.500. The first-order valence-corrected chi connectivity index (χ1v) is 11.3. The van der Waals surface area contributed by atoms with Gasteiger partial charge in [-0.1, -0.05) is 12.1 Å². The molecule has 6 nitrogen and oxygen atoms in total. The van der Waals surface area contributed by atoms with Crippen molar-refractivity contribution in [3.63, 3.8) is 0 Å². The highest BCUT2D eigenvalue weighted by Crippen LogP contribution is 2.31. The van der Waals surface area contributed by atoms with E-state index in [1.807, 2.05) is 23.1 Å². The number of carboxylic acid groups (broad SMARTS) is 1. The van der Waals surface area contributed by atoms with E-state index in [-0.39, 0.29) is 12.5 Å². The zero-order chi connectivity index (χ0) is 23.6. The molecule has 1 atom stereocenters. The molecule has 1 aliphatic heterocycles. The van der Waals surface area contributed by atoms with Crippen LogP contribution in [-0.2, 0) is 24.1 Å². The molecule has 0 bridgehead atoms. The summed E-state index contributed by atoms with van der Waals surface area (Å²) in [5, 5.41) is 9.34. The molecule has 0 amide bonds. The van der Waals surface area contributed by atoms with Crippen LogP contribution in [0.2, 0.25) is 0 Å². The molecule has 1 fully saturated rings. The van der Waals surface area contributed by atoms with Gasteiger partial charge in [0.15, 0.2) is 0 Å². The summed E-state index contributed by atoms with van der Waals surface area (Å²) in [6.07, 6.45) is -4.40. The maximum Gasteiger partial charge on any atom is 0.416 e. The number of carboxylic acids is 1. The van der Waals surface area contributed by atoms with Gasteiger partial charge in [-0.3, -0.25) is 9.69 Å². The van der Waals surface area contributed by atoms with Crippen molar-refractivity contribution in [2.24, 2.45) is 0 Å². The number of carbonyl (C=O) groups is 1. The first kappa shape index (κ1) is 23.2. The van der Waals surface area contributed by atoms with E-state index in [9.17, 15) is 23.1 Å². The fourth-order valence-corrected chi connectivity index (χ4v) is 4.66. The standard InChI is InChI=1S/C23H21F3N2O4S/c1-14-19(27-21(32-14)16-5-7-17(8-6-16)23(24,25)26)11-31-18-4-2-3-15(9-18)10-28-13-33-12-20(28)22(29)30/h2-9,20H,10-13H2,1H3,(H,29,30)/t20-/m0/s1. The third-order valence-corrected chi connectivity index (χ3v) is 6.34. The summed E-state index contributed by atoms with van der Waals surface area (Å²) >= 11 is 1.59. The van der Waals surface area contributed by atoms with Crippen molar-refractivity contribution in [2.75, 3.05) is 11.6 Å². The normalized spacial score (nSPS) is 16.8. The van der Waals surface area contributed by atoms with E-state index in [1.54, 1.807) is 24.8 Å². The number of aliphatic carboxylic acids is 1. The van der Waals surface area contributed by atoms with Crippen LogP contribution in [0, 0.1) is 6.92 Å².